The summed E-state index contributed by atoms with van der Waals surface area (Å²) in [4.78, 5) is 0. The smallest absolute Gasteiger partial charge is 0.387 e. The highest BCUT2D eigenvalue weighted by atomic mass is 19.3. The fourth-order valence-electron chi connectivity index (χ4n) is 1.72. The maximum absolute atomic E-state index is 13.3. The van der Waals surface area contributed by atoms with Crippen LogP contribution in [0.15, 0.2) is 12.1 Å². The second-order valence-corrected chi connectivity index (χ2v) is 4.31. The van der Waals surface area contributed by atoms with E-state index in [0.29, 0.717) is 12.2 Å². The SMILES string of the molecule is Nc1cc(F)c(OC(F)F)cc1NCCCCCCO. The fourth-order valence-corrected chi connectivity index (χ4v) is 1.72. The van der Waals surface area contributed by atoms with Gasteiger partial charge in [0.05, 0.1) is 11.4 Å². The molecule has 0 amide bonds. The first-order chi connectivity index (χ1) is 9.54. The predicted octanol–water partition coefficient (Wildman–Crippen LogP) is 2.97. The number of unbranched alkanes of at least 4 members (excludes halogenated alkanes) is 3. The lowest BCUT2D eigenvalue weighted by Crippen LogP contribution is -2.08. The lowest BCUT2D eigenvalue weighted by molar-refractivity contribution is -0.0521. The summed E-state index contributed by atoms with van der Waals surface area (Å²) in [6, 6.07) is 2.08. The van der Waals surface area contributed by atoms with E-state index in [-0.39, 0.29) is 12.3 Å². The van der Waals surface area contributed by atoms with Gasteiger partial charge in [-0.25, -0.2) is 4.39 Å². The number of aliphatic hydroxyl groups is 1. The molecule has 0 atom stereocenters. The Bertz CT molecular complexity index is 417. The van der Waals surface area contributed by atoms with Crippen LogP contribution in [0.4, 0.5) is 24.5 Å². The average molecular weight is 292 g/mol. The zero-order valence-corrected chi connectivity index (χ0v) is 11.0. The Morgan fingerprint density at radius 2 is 1.90 bits per heavy atom. The maximum Gasteiger partial charge on any atom is 0.387 e. The minimum atomic E-state index is -3.08. The Kier molecular flexibility index (Phi) is 7.00. The summed E-state index contributed by atoms with van der Waals surface area (Å²) in [6.45, 7) is -2.33. The van der Waals surface area contributed by atoms with Crippen molar-refractivity contribution in [2.24, 2.45) is 0 Å². The van der Waals surface area contributed by atoms with Crippen LogP contribution < -0.4 is 15.8 Å². The third kappa shape index (κ3) is 5.56. The topological polar surface area (TPSA) is 67.5 Å². The second kappa shape index (κ2) is 8.52. The van der Waals surface area contributed by atoms with Crippen molar-refractivity contribution < 1.29 is 23.0 Å². The van der Waals surface area contributed by atoms with Gasteiger partial charge in [-0.3, -0.25) is 0 Å². The molecule has 1 aromatic carbocycles. The van der Waals surface area contributed by atoms with Crippen LogP contribution in [0.2, 0.25) is 0 Å². The third-order valence-corrected chi connectivity index (χ3v) is 2.72. The molecule has 0 saturated carbocycles. The number of alkyl halides is 2. The van der Waals surface area contributed by atoms with E-state index >= 15 is 0 Å². The van der Waals surface area contributed by atoms with Gasteiger partial charge < -0.3 is 20.9 Å². The Labute approximate surface area is 115 Å². The van der Waals surface area contributed by atoms with Crippen molar-refractivity contribution in [2.75, 3.05) is 24.2 Å². The molecule has 0 unspecified atom stereocenters. The highest BCUT2D eigenvalue weighted by Gasteiger charge is 2.13. The standard InChI is InChI=1S/C13H19F3N2O2/c14-9-7-10(17)11(8-12(9)20-13(15)16)18-5-3-1-2-4-6-19/h7-8,13,18-19H,1-6,17H2. The zero-order valence-electron chi connectivity index (χ0n) is 11.0. The van der Waals surface area contributed by atoms with E-state index in [9.17, 15) is 13.2 Å². The van der Waals surface area contributed by atoms with Crippen molar-refractivity contribution in [3.05, 3.63) is 17.9 Å². The minimum Gasteiger partial charge on any atom is -0.432 e. The second-order valence-electron chi connectivity index (χ2n) is 4.31. The molecule has 0 saturated heterocycles. The van der Waals surface area contributed by atoms with E-state index < -0.39 is 18.2 Å². The fraction of sp³-hybridized carbons (Fsp3) is 0.538. The zero-order chi connectivity index (χ0) is 15.0. The van der Waals surface area contributed by atoms with Gasteiger partial charge in [0.2, 0.25) is 0 Å². The number of nitrogen functional groups attached to an aromatic ring is 1. The minimum absolute atomic E-state index is 0.138. The van der Waals surface area contributed by atoms with E-state index in [0.717, 1.165) is 37.8 Å². The van der Waals surface area contributed by atoms with E-state index in [4.69, 9.17) is 10.8 Å². The van der Waals surface area contributed by atoms with E-state index in [1.165, 1.54) is 0 Å². The van der Waals surface area contributed by atoms with Crippen molar-refractivity contribution in [2.45, 2.75) is 32.3 Å². The maximum atomic E-state index is 13.3. The molecule has 0 spiro atoms. The van der Waals surface area contributed by atoms with Crippen LogP contribution in [0, 0.1) is 5.82 Å². The Morgan fingerprint density at radius 3 is 2.55 bits per heavy atom. The average Bonchev–Trinajstić information content (AvgIpc) is 2.38. The molecule has 0 fully saturated rings. The number of aliphatic hydroxyl groups excluding tert-OH is 1. The Hall–Kier alpha value is -1.63. The molecule has 0 aliphatic heterocycles. The van der Waals surface area contributed by atoms with Gasteiger partial charge in [-0.15, -0.1) is 0 Å². The molecule has 20 heavy (non-hydrogen) atoms. The number of anilines is 2. The van der Waals surface area contributed by atoms with Crippen LogP contribution in [-0.4, -0.2) is 24.9 Å². The van der Waals surface area contributed by atoms with Crippen molar-refractivity contribution in [1.29, 1.82) is 0 Å². The molecule has 114 valence electrons. The molecule has 7 heteroatoms. The number of halogens is 3. The summed E-state index contributed by atoms with van der Waals surface area (Å²) in [7, 11) is 0. The van der Waals surface area contributed by atoms with Crippen molar-refractivity contribution in [1.82, 2.24) is 0 Å². The van der Waals surface area contributed by atoms with E-state index in [1.807, 2.05) is 0 Å². The number of nitrogens with two attached hydrogens (primary N) is 1. The van der Waals surface area contributed by atoms with Crippen LogP contribution >= 0.6 is 0 Å². The van der Waals surface area contributed by atoms with Crippen LogP contribution in [-0.2, 0) is 0 Å². The third-order valence-electron chi connectivity index (χ3n) is 2.72. The van der Waals surface area contributed by atoms with Crippen molar-refractivity contribution in [3.63, 3.8) is 0 Å². The van der Waals surface area contributed by atoms with E-state index in [1.54, 1.807) is 0 Å². The summed E-state index contributed by atoms with van der Waals surface area (Å²) in [5, 5.41) is 11.6. The molecule has 0 radical (unpaired) electrons. The normalized spacial score (nSPS) is 10.8. The number of ether oxygens (including phenoxy) is 1. The summed E-state index contributed by atoms with van der Waals surface area (Å²) in [5.74, 6) is -1.45. The van der Waals surface area contributed by atoms with Gasteiger partial charge in [-0.05, 0) is 12.8 Å². The number of rotatable bonds is 9. The van der Waals surface area contributed by atoms with Gasteiger partial charge in [0, 0.05) is 25.3 Å². The quantitative estimate of drug-likeness (QED) is 0.483. The largest absolute Gasteiger partial charge is 0.432 e. The molecule has 0 aliphatic carbocycles. The molecular weight excluding hydrogens is 273 g/mol. The first-order valence-corrected chi connectivity index (χ1v) is 6.43. The lowest BCUT2D eigenvalue weighted by Gasteiger charge is -2.12. The lowest BCUT2D eigenvalue weighted by atomic mass is 10.2. The molecule has 4 N–H and O–H groups in total. The molecular formula is C13H19F3N2O2. The Balaban J connectivity index is 2.52. The van der Waals surface area contributed by atoms with Crippen LogP contribution in [0.25, 0.3) is 0 Å². The van der Waals surface area contributed by atoms with Gasteiger partial charge in [0.1, 0.15) is 0 Å². The first-order valence-electron chi connectivity index (χ1n) is 6.43. The molecule has 0 aromatic heterocycles. The summed E-state index contributed by atoms with van der Waals surface area (Å²) >= 11 is 0. The van der Waals surface area contributed by atoms with Crippen molar-refractivity contribution >= 4 is 11.4 Å². The molecule has 1 rings (SSSR count). The molecule has 4 nitrogen and oxygen atoms in total. The van der Waals surface area contributed by atoms with Crippen molar-refractivity contribution in [3.8, 4) is 5.75 Å². The number of hydrogen-bond donors (Lipinski definition) is 3. The molecule has 1 aromatic rings. The van der Waals surface area contributed by atoms with Gasteiger partial charge in [0.25, 0.3) is 0 Å². The highest BCUT2D eigenvalue weighted by Crippen LogP contribution is 2.29. The monoisotopic (exact) mass is 292 g/mol. The van der Waals surface area contributed by atoms with Gasteiger partial charge in [0.15, 0.2) is 11.6 Å². The van der Waals surface area contributed by atoms with E-state index in [2.05, 4.69) is 10.1 Å². The predicted molar refractivity (Wildman–Crippen MR) is 71.5 cm³/mol. The number of nitrogens with one attached hydrogen (secondary N) is 1. The molecule has 0 bridgehead atoms. The summed E-state index contributed by atoms with van der Waals surface area (Å²) < 4.78 is 41.6. The van der Waals surface area contributed by atoms with Crippen LogP contribution in [0.1, 0.15) is 25.7 Å². The molecule has 0 heterocycles. The number of hydrogen-bond acceptors (Lipinski definition) is 4. The van der Waals surface area contributed by atoms with Gasteiger partial charge >= 0.3 is 6.61 Å². The van der Waals surface area contributed by atoms with Crippen LogP contribution in [0.5, 0.6) is 5.75 Å². The molecule has 0 aliphatic rings. The Morgan fingerprint density at radius 1 is 1.20 bits per heavy atom. The number of benzene rings is 1. The summed E-state index contributed by atoms with van der Waals surface area (Å²) in [5.41, 5.74) is 6.11. The van der Waals surface area contributed by atoms with Gasteiger partial charge in [-0.2, -0.15) is 8.78 Å². The summed E-state index contributed by atoms with van der Waals surface area (Å²) in [6.07, 6.45) is 3.43. The van der Waals surface area contributed by atoms with Crippen LogP contribution in [0.3, 0.4) is 0 Å². The first kappa shape index (κ1) is 16.4. The highest BCUT2D eigenvalue weighted by molar-refractivity contribution is 5.68. The van der Waals surface area contributed by atoms with Gasteiger partial charge in [-0.1, -0.05) is 12.8 Å².